The van der Waals surface area contributed by atoms with Gasteiger partial charge in [0, 0.05) is 13.6 Å². The zero-order chi connectivity index (χ0) is 20.6. The maximum Gasteiger partial charge on any atom is 0.264 e. The van der Waals surface area contributed by atoms with Crippen LogP contribution in [0.15, 0.2) is 59.5 Å². The second-order valence-corrected chi connectivity index (χ2v) is 8.90. The van der Waals surface area contributed by atoms with E-state index in [1.54, 1.807) is 54.6 Å². The molecular weight excluding hydrogens is 372 g/mol. The summed E-state index contributed by atoms with van der Waals surface area (Å²) in [4.78, 5) is 13.0. The van der Waals surface area contributed by atoms with Crippen LogP contribution in [-0.2, 0) is 10.0 Å². The third kappa shape index (κ3) is 5.35. The largest absolute Gasteiger partial charge is 0.352 e. The molecule has 0 aliphatic carbocycles. The molecule has 2 aromatic carbocycles. The fourth-order valence-corrected chi connectivity index (χ4v) is 4.33. The number of sulfonamides is 1. The summed E-state index contributed by atoms with van der Waals surface area (Å²) in [6, 6.07) is 15.0. The third-order valence-corrected chi connectivity index (χ3v) is 6.77. The molecule has 0 saturated heterocycles. The average Bonchev–Trinajstić information content (AvgIpc) is 2.73. The average molecular weight is 403 g/mol. The Labute approximate surface area is 168 Å². The quantitative estimate of drug-likeness (QED) is 0.638. The maximum atomic E-state index is 12.9. The zero-order valence-corrected chi connectivity index (χ0v) is 17.7. The van der Waals surface area contributed by atoms with Gasteiger partial charge in [-0.15, -0.1) is 0 Å². The number of hydrogen-bond donors (Lipinski definition) is 1. The standard InChI is InChI=1S/C22H30N2O3S/c1-4-6-12-18(5-2)17-23-22(25)20-15-10-11-16-21(20)24(3)28(26,27)19-13-8-7-9-14-19/h7-11,13-16,18H,4-6,12,17H2,1-3H3,(H,23,25)/t18-/m1/s1. The van der Waals surface area contributed by atoms with Crippen LogP contribution in [0.5, 0.6) is 0 Å². The molecule has 2 aromatic rings. The summed E-state index contributed by atoms with van der Waals surface area (Å²) < 4.78 is 27.0. The SMILES string of the molecule is CCCC[C@@H](CC)CNC(=O)c1ccccc1N(C)S(=O)(=O)c1ccccc1. The van der Waals surface area contributed by atoms with Gasteiger partial charge in [0.2, 0.25) is 0 Å². The summed E-state index contributed by atoms with van der Waals surface area (Å²) in [5, 5.41) is 2.98. The van der Waals surface area contributed by atoms with Crippen molar-refractivity contribution >= 4 is 21.6 Å². The number of hydrogen-bond acceptors (Lipinski definition) is 3. The molecule has 1 amide bonds. The first kappa shape index (κ1) is 22.0. The summed E-state index contributed by atoms with van der Waals surface area (Å²) in [7, 11) is -2.27. The molecule has 0 bridgehead atoms. The molecule has 0 unspecified atom stereocenters. The number of nitrogens with one attached hydrogen (secondary N) is 1. The molecule has 152 valence electrons. The number of para-hydroxylation sites is 1. The van der Waals surface area contributed by atoms with Crippen molar-refractivity contribution < 1.29 is 13.2 Å². The van der Waals surface area contributed by atoms with E-state index >= 15 is 0 Å². The number of unbranched alkanes of at least 4 members (excludes halogenated alkanes) is 1. The van der Waals surface area contributed by atoms with Crippen molar-refractivity contribution in [1.82, 2.24) is 5.32 Å². The molecule has 2 rings (SSSR count). The summed E-state index contributed by atoms with van der Waals surface area (Å²) in [6.45, 7) is 4.88. The minimum absolute atomic E-state index is 0.193. The fraction of sp³-hybridized carbons (Fsp3) is 0.409. The molecular formula is C22H30N2O3S. The molecule has 1 atom stereocenters. The molecule has 0 aliphatic rings. The van der Waals surface area contributed by atoms with Gasteiger partial charge in [0.1, 0.15) is 0 Å². The van der Waals surface area contributed by atoms with Crippen molar-refractivity contribution in [3.63, 3.8) is 0 Å². The minimum Gasteiger partial charge on any atom is -0.352 e. The Balaban J connectivity index is 2.21. The van der Waals surface area contributed by atoms with E-state index < -0.39 is 10.0 Å². The van der Waals surface area contributed by atoms with E-state index in [9.17, 15) is 13.2 Å². The number of benzene rings is 2. The van der Waals surface area contributed by atoms with E-state index in [4.69, 9.17) is 0 Å². The van der Waals surface area contributed by atoms with Gasteiger partial charge in [-0.25, -0.2) is 8.42 Å². The van der Waals surface area contributed by atoms with Gasteiger partial charge in [0.05, 0.1) is 16.1 Å². The van der Waals surface area contributed by atoms with E-state index in [1.165, 1.54) is 11.4 Å². The Morgan fingerprint density at radius 2 is 1.68 bits per heavy atom. The predicted octanol–water partition coefficient (Wildman–Crippen LogP) is 4.46. The van der Waals surface area contributed by atoms with Gasteiger partial charge in [-0.1, -0.05) is 63.4 Å². The van der Waals surface area contributed by atoms with Crippen LogP contribution in [-0.4, -0.2) is 27.9 Å². The predicted molar refractivity (Wildman–Crippen MR) is 114 cm³/mol. The normalized spacial score (nSPS) is 12.4. The maximum absolute atomic E-state index is 12.9. The smallest absolute Gasteiger partial charge is 0.264 e. The monoisotopic (exact) mass is 402 g/mol. The highest BCUT2D eigenvalue weighted by molar-refractivity contribution is 7.92. The van der Waals surface area contributed by atoms with Gasteiger partial charge in [-0.05, 0) is 36.6 Å². The molecule has 5 nitrogen and oxygen atoms in total. The summed E-state index contributed by atoms with van der Waals surface area (Å²) >= 11 is 0. The van der Waals surface area contributed by atoms with Crippen LogP contribution < -0.4 is 9.62 Å². The van der Waals surface area contributed by atoms with Crippen LogP contribution >= 0.6 is 0 Å². The Kier molecular flexibility index (Phi) is 8.05. The first-order valence-electron chi connectivity index (χ1n) is 9.83. The highest BCUT2D eigenvalue weighted by Crippen LogP contribution is 2.25. The van der Waals surface area contributed by atoms with Crippen molar-refractivity contribution in [2.75, 3.05) is 17.9 Å². The van der Waals surface area contributed by atoms with E-state index in [2.05, 4.69) is 19.2 Å². The minimum atomic E-state index is -3.74. The third-order valence-electron chi connectivity index (χ3n) is 4.98. The van der Waals surface area contributed by atoms with Crippen molar-refractivity contribution in [3.8, 4) is 0 Å². The molecule has 6 heteroatoms. The van der Waals surface area contributed by atoms with Gasteiger partial charge in [-0.3, -0.25) is 9.10 Å². The highest BCUT2D eigenvalue weighted by atomic mass is 32.2. The topological polar surface area (TPSA) is 66.5 Å². The van der Waals surface area contributed by atoms with Crippen LogP contribution in [0.3, 0.4) is 0 Å². The molecule has 0 spiro atoms. The second-order valence-electron chi connectivity index (χ2n) is 6.93. The highest BCUT2D eigenvalue weighted by Gasteiger charge is 2.25. The van der Waals surface area contributed by atoms with Gasteiger partial charge < -0.3 is 5.32 Å². The van der Waals surface area contributed by atoms with Gasteiger partial charge in [0.25, 0.3) is 15.9 Å². The Hall–Kier alpha value is -2.34. The number of nitrogens with zero attached hydrogens (tertiary/aromatic N) is 1. The zero-order valence-electron chi connectivity index (χ0n) is 16.9. The molecule has 0 radical (unpaired) electrons. The first-order valence-corrected chi connectivity index (χ1v) is 11.3. The van der Waals surface area contributed by atoms with Crippen LogP contribution in [0, 0.1) is 5.92 Å². The summed E-state index contributed by atoms with van der Waals surface area (Å²) in [5.41, 5.74) is 0.723. The van der Waals surface area contributed by atoms with Crippen molar-refractivity contribution in [2.45, 2.75) is 44.4 Å². The molecule has 0 aromatic heterocycles. The second kappa shape index (κ2) is 10.3. The number of carbonyl (C=O) groups excluding carboxylic acids is 1. The van der Waals surface area contributed by atoms with E-state index in [0.29, 0.717) is 23.7 Å². The number of amides is 1. The summed E-state index contributed by atoms with van der Waals surface area (Å²) in [5.74, 6) is 0.183. The molecule has 0 fully saturated rings. The number of rotatable bonds is 10. The van der Waals surface area contributed by atoms with Crippen LogP contribution in [0.1, 0.15) is 49.9 Å². The molecule has 28 heavy (non-hydrogen) atoms. The Bertz CT molecular complexity index is 866. The van der Waals surface area contributed by atoms with Gasteiger partial charge >= 0.3 is 0 Å². The van der Waals surface area contributed by atoms with Crippen molar-refractivity contribution in [1.29, 1.82) is 0 Å². The Morgan fingerprint density at radius 3 is 2.32 bits per heavy atom. The van der Waals surface area contributed by atoms with Gasteiger partial charge in [-0.2, -0.15) is 0 Å². The van der Waals surface area contributed by atoms with E-state index in [1.807, 2.05) is 0 Å². The Morgan fingerprint density at radius 1 is 1.04 bits per heavy atom. The fourth-order valence-electron chi connectivity index (χ4n) is 3.10. The van der Waals surface area contributed by atoms with Crippen molar-refractivity contribution in [2.24, 2.45) is 5.92 Å². The molecule has 1 N–H and O–H groups in total. The lowest BCUT2D eigenvalue weighted by molar-refractivity contribution is 0.0946. The lowest BCUT2D eigenvalue weighted by Gasteiger charge is -2.22. The van der Waals surface area contributed by atoms with Crippen LogP contribution in [0.4, 0.5) is 5.69 Å². The molecule has 0 aliphatic heterocycles. The molecule has 0 heterocycles. The van der Waals surface area contributed by atoms with E-state index in [0.717, 1.165) is 25.7 Å². The lowest BCUT2D eigenvalue weighted by Crippen LogP contribution is -2.32. The van der Waals surface area contributed by atoms with Crippen molar-refractivity contribution in [3.05, 3.63) is 60.2 Å². The number of carbonyl (C=O) groups is 1. The van der Waals surface area contributed by atoms with Gasteiger partial charge in [0.15, 0.2) is 0 Å². The van der Waals surface area contributed by atoms with Crippen LogP contribution in [0.2, 0.25) is 0 Å². The van der Waals surface area contributed by atoms with E-state index in [-0.39, 0.29) is 10.8 Å². The van der Waals surface area contributed by atoms with Crippen LogP contribution in [0.25, 0.3) is 0 Å². The summed E-state index contributed by atoms with van der Waals surface area (Å²) in [6.07, 6.45) is 4.36. The number of anilines is 1. The lowest BCUT2D eigenvalue weighted by atomic mass is 9.99. The molecule has 0 saturated carbocycles. The first-order chi connectivity index (χ1) is 13.4.